The lowest BCUT2D eigenvalue weighted by Gasteiger charge is -2.19. The molecule has 1 aromatic rings. The molecule has 0 heterocycles. The summed E-state index contributed by atoms with van der Waals surface area (Å²) in [6, 6.07) is 7.20. The second-order valence-corrected chi connectivity index (χ2v) is 5.74. The molecule has 4 heteroatoms. The monoisotopic (exact) mass is 264 g/mol. The standard InChI is InChI=1S/C15H24N2O2/c1-5-10-19-13-8-6-12(7-9-13)17-14(18)16-11-15(2,3)4/h6-9H,5,10-11H2,1-4H3,(H2,16,17,18). The highest BCUT2D eigenvalue weighted by atomic mass is 16.5. The molecule has 1 aromatic carbocycles. The number of anilines is 1. The number of carbonyl (C=O) groups is 1. The van der Waals surface area contributed by atoms with Crippen molar-refractivity contribution in [2.24, 2.45) is 5.41 Å². The van der Waals surface area contributed by atoms with Gasteiger partial charge in [0.05, 0.1) is 6.61 Å². The molecule has 0 aliphatic carbocycles. The molecule has 19 heavy (non-hydrogen) atoms. The molecule has 0 radical (unpaired) electrons. The van der Waals surface area contributed by atoms with Crippen molar-refractivity contribution in [2.45, 2.75) is 34.1 Å². The van der Waals surface area contributed by atoms with E-state index in [1.165, 1.54) is 0 Å². The van der Waals surface area contributed by atoms with E-state index in [0.717, 1.165) is 17.9 Å². The number of amides is 2. The zero-order valence-electron chi connectivity index (χ0n) is 12.2. The molecule has 0 atom stereocenters. The predicted molar refractivity (Wildman–Crippen MR) is 78.7 cm³/mol. The minimum Gasteiger partial charge on any atom is -0.494 e. The molecule has 0 unspecified atom stereocenters. The Morgan fingerprint density at radius 3 is 2.37 bits per heavy atom. The molecule has 0 saturated heterocycles. The number of rotatable bonds is 5. The summed E-state index contributed by atoms with van der Waals surface area (Å²) in [5.74, 6) is 0.822. The Labute approximate surface area is 115 Å². The highest BCUT2D eigenvalue weighted by Gasteiger charge is 2.11. The van der Waals surface area contributed by atoms with Crippen molar-refractivity contribution in [3.05, 3.63) is 24.3 Å². The second kappa shape index (κ2) is 7.02. The summed E-state index contributed by atoms with van der Waals surface area (Å²) in [6.07, 6.45) is 0.981. The molecule has 1 rings (SSSR count). The Bertz CT molecular complexity index is 394. The van der Waals surface area contributed by atoms with E-state index in [2.05, 4.69) is 38.3 Å². The molecule has 2 amide bonds. The summed E-state index contributed by atoms with van der Waals surface area (Å²) >= 11 is 0. The van der Waals surface area contributed by atoms with Crippen LogP contribution >= 0.6 is 0 Å². The second-order valence-electron chi connectivity index (χ2n) is 5.74. The first-order chi connectivity index (χ1) is 8.90. The summed E-state index contributed by atoms with van der Waals surface area (Å²) < 4.78 is 5.48. The van der Waals surface area contributed by atoms with Crippen molar-refractivity contribution >= 4 is 11.7 Å². The number of hydrogen-bond acceptors (Lipinski definition) is 2. The van der Waals surface area contributed by atoms with Gasteiger partial charge in [-0.25, -0.2) is 4.79 Å². The maximum Gasteiger partial charge on any atom is 0.319 e. The zero-order valence-corrected chi connectivity index (χ0v) is 12.2. The van der Waals surface area contributed by atoms with Gasteiger partial charge in [-0.05, 0) is 36.1 Å². The van der Waals surface area contributed by atoms with Crippen LogP contribution in [0.25, 0.3) is 0 Å². The number of carbonyl (C=O) groups excluding carboxylic acids is 1. The molecule has 0 bridgehead atoms. The van der Waals surface area contributed by atoms with Crippen molar-refractivity contribution in [1.82, 2.24) is 5.32 Å². The van der Waals surface area contributed by atoms with Gasteiger partial charge in [-0.3, -0.25) is 0 Å². The van der Waals surface area contributed by atoms with Crippen molar-refractivity contribution in [3.63, 3.8) is 0 Å². The molecule has 0 saturated carbocycles. The first-order valence-electron chi connectivity index (χ1n) is 6.68. The average molecular weight is 264 g/mol. The van der Waals surface area contributed by atoms with Crippen molar-refractivity contribution in [2.75, 3.05) is 18.5 Å². The van der Waals surface area contributed by atoms with Gasteiger partial charge in [0.15, 0.2) is 0 Å². The zero-order chi connectivity index (χ0) is 14.3. The van der Waals surface area contributed by atoms with Gasteiger partial charge in [0, 0.05) is 12.2 Å². The van der Waals surface area contributed by atoms with Crippen LogP contribution in [0, 0.1) is 5.41 Å². The summed E-state index contributed by atoms with van der Waals surface area (Å²) in [4.78, 5) is 11.7. The molecule has 0 aromatic heterocycles. The van der Waals surface area contributed by atoms with E-state index in [9.17, 15) is 4.79 Å². The maximum absolute atomic E-state index is 11.7. The van der Waals surface area contributed by atoms with Crippen molar-refractivity contribution < 1.29 is 9.53 Å². The van der Waals surface area contributed by atoms with Gasteiger partial charge in [-0.1, -0.05) is 27.7 Å². The minimum atomic E-state index is -0.183. The number of urea groups is 1. The summed E-state index contributed by atoms with van der Waals surface area (Å²) in [5, 5.41) is 5.63. The van der Waals surface area contributed by atoms with Gasteiger partial charge in [-0.2, -0.15) is 0 Å². The fourth-order valence-electron chi connectivity index (χ4n) is 1.38. The van der Waals surface area contributed by atoms with Crippen LogP contribution in [0.3, 0.4) is 0 Å². The fourth-order valence-corrected chi connectivity index (χ4v) is 1.38. The highest BCUT2D eigenvalue weighted by Crippen LogP contribution is 2.16. The Kier molecular flexibility index (Phi) is 5.67. The third kappa shape index (κ3) is 6.70. The lowest BCUT2D eigenvalue weighted by atomic mass is 9.97. The largest absolute Gasteiger partial charge is 0.494 e. The summed E-state index contributed by atoms with van der Waals surface area (Å²) in [6.45, 7) is 9.64. The quantitative estimate of drug-likeness (QED) is 0.853. The fraction of sp³-hybridized carbons (Fsp3) is 0.533. The average Bonchev–Trinajstić information content (AvgIpc) is 2.35. The van der Waals surface area contributed by atoms with E-state index in [4.69, 9.17) is 4.74 Å². The molecule has 2 N–H and O–H groups in total. The summed E-state index contributed by atoms with van der Waals surface area (Å²) in [7, 11) is 0. The highest BCUT2D eigenvalue weighted by molar-refractivity contribution is 5.89. The maximum atomic E-state index is 11.7. The van der Waals surface area contributed by atoms with Crippen LogP contribution in [0.1, 0.15) is 34.1 Å². The molecule has 106 valence electrons. The van der Waals surface area contributed by atoms with E-state index in [-0.39, 0.29) is 11.4 Å². The van der Waals surface area contributed by atoms with Crippen molar-refractivity contribution in [3.8, 4) is 5.75 Å². The number of benzene rings is 1. The van der Waals surface area contributed by atoms with E-state index < -0.39 is 0 Å². The Hall–Kier alpha value is -1.71. The number of ether oxygens (including phenoxy) is 1. The van der Waals surface area contributed by atoms with Crippen LogP contribution in [0.15, 0.2) is 24.3 Å². The number of hydrogen-bond donors (Lipinski definition) is 2. The summed E-state index contributed by atoms with van der Waals surface area (Å²) in [5.41, 5.74) is 0.838. The third-order valence-electron chi connectivity index (χ3n) is 2.36. The van der Waals surface area contributed by atoms with Crippen LogP contribution in [-0.2, 0) is 0 Å². The van der Waals surface area contributed by atoms with Crippen LogP contribution in [-0.4, -0.2) is 19.2 Å². The Morgan fingerprint density at radius 1 is 1.21 bits per heavy atom. The molecular formula is C15H24N2O2. The van der Waals surface area contributed by atoms with Gasteiger partial charge in [0.2, 0.25) is 0 Å². The van der Waals surface area contributed by atoms with Crippen LogP contribution in [0.4, 0.5) is 10.5 Å². The molecule has 0 aliphatic rings. The van der Waals surface area contributed by atoms with Crippen LogP contribution in [0.5, 0.6) is 5.75 Å². The number of nitrogens with one attached hydrogen (secondary N) is 2. The first-order valence-corrected chi connectivity index (χ1v) is 6.68. The van der Waals surface area contributed by atoms with Gasteiger partial charge in [0.1, 0.15) is 5.75 Å². The molecular weight excluding hydrogens is 240 g/mol. The Morgan fingerprint density at radius 2 is 1.84 bits per heavy atom. The lowest BCUT2D eigenvalue weighted by Crippen LogP contribution is -2.35. The predicted octanol–water partition coefficient (Wildman–Crippen LogP) is 3.64. The molecule has 0 fully saturated rings. The van der Waals surface area contributed by atoms with E-state index >= 15 is 0 Å². The SMILES string of the molecule is CCCOc1ccc(NC(=O)NCC(C)(C)C)cc1. The van der Waals surface area contributed by atoms with E-state index in [0.29, 0.717) is 13.2 Å². The topological polar surface area (TPSA) is 50.4 Å². The van der Waals surface area contributed by atoms with Gasteiger partial charge in [0.25, 0.3) is 0 Å². The van der Waals surface area contributed by atoms with Crippen molar-refractivity contribution in [1.29, 1.82) is 0 Å². The van der Waals surface area contributed by atoms with Crippen LogP contribution < -0.4 is 15.4 Å². The first kappa shape index (κ1) is 15.3. The molecule has 0 aliphatic heterocycles. The molecule has 0 spiro atoms. The Balaban J connectivity index is 2.42. The molecule has 4 nitrogen and oxygen atoms in total. The van der Waals surface area contributed by atoms with Gasteiger partial charge < -0.3 is 15.4 Å². The minimum absolute atomic E-state index is 0.0786. The van der Waals surface area contributed by atoms with Crippen LogP contribution in [0.2, 0.25) is 0 Å². The van der Waals surface area contributed by atoms with Gasteiger partial charge in [-0.15, -0.1) is 0 Å². The van der Waals surface area contributed by atoms with E-state index in [1.807, 2.05) is 24.3 Å². The van der Waals surface area contributed by atoms with Gasteiger partial charge >= 0.3 is 6.03 Å². The normalized spacial score (nSPS) is 10.9. The lowest BCUT2D eigenvalue weighted by molar-refractivity contribution is 0.247. The van der Waals surface area contributed by atoms with E-state index in [1.54, 1.807) is 0 Å². The smallest absolute Gasteiger partial charge is 0.319 e. The third-order valence-corrected chi connectivity index (χ3v) is 2.36.